The molecule has 3 nitrogen and oxygen atoms in total. The number of carbonyl (C=O) groups excluding carboxylic acids is 1. The Hall–Kier alpha value is -0.980. The van der Waals surface area contributed by atoms with Crippen LogP contribution >= 0.6 is 11.6 Å². The first-order valence-electron chi connectivity index (χ1n) is 3.85. The summed E-state index contributed by atoms with van der Waals surface area (Å²) in [5, 5.41) is 5.89. The molecule has 2 N–H and O–H groups in total. The van der Waals surface area contributed by atoms with Crippen LogP contribution in [0.2, 0.25) is 0 Å². The summed E-state index contributed by atoms with van der Waals surface area (Å²) in [5.41, 5.74) is 0. The Morgan fingerprint density at radius 2 is 2.38 bits per heavy atom. The summed E-state index contributed by atoms with van der Waals surface area (Å²) < 4.78 is 0. The van der Waals surface area contributed by atoms with Crippen LogP contribution < -0.4 is 10.6 Å². The molecular formula is C9H13ClN2O. The highest BCUT2D eigenvalue weighted by Crippen LogP contribution is 1.93. The molecule has 0 heterocycles. The minimum absolute atomic E-state index is 0.143. The zero-order valence-corrected chi connectivity index (χ0v) is 8.32. The molecule has 0 aliphatic rings. The molecule has 0 aromatic heterocycles. The quantitative estimate of drug-likeness (QED) is 0.634. The van der Waals surface area contributed by atoms with Gasteiger partial charge >= 0.3 is 0 Å². The first kappa shape index (κ1) is 12.0. The van der Waals surface area contributed by atoms with Gasteiger partial charge in [0.25, 0.3) is 0 Å². The second kappa shape index (κ2) is 6.53. The Balaban J connectivity index is 3.70. The summed E-state index contributed by atoms with van der Waals surface area (Å²) in [4.78, 5) is 11.2. The van der Waals surface area contributed by atoms with Crippen LogP contribution in [0.1, 0.15) is 6.92 Å². The first-order chi connectivity index (χ1) is 6.07. The van der Waals surface area contributed by atoms with Gasteiger partial charge in [0.05, 0.1) is 12.6 Å². The van der Waals surface area contributed by atoms with Gasteiger partial charge in [-0.1, -0.05) is 24.1 Å². The number of halogens is 1. The second-order valence-corrected chi connectivity index (χ2v) is 3.08. The molecule has 0 saturated carbocycles. The van der Waals surface area contributed by atoms with E-state index in [4.69, 9.17) is 18.0 Å². The summed E-state index contributed by atoms with van der Waals surface area (Å²) in [6.45, 7) is 5.87. The van der Waals surface area contributed by atoms with Crippen LogP contribution in [0.4, 0.5) is 0 Å². The Labute approximate surface area is 83.5 Å². The molecule has 1 unspecified atom stereocenters. The molecule has 72 valence electrons. The maximum absolute atomic E-state index is 11.2. The maximum Gasteiger partial charge on any atom is 0.237 e. The third kappa shape index (κ3) is 6.21. The van der Waals surface area contributed by atoms with Gasteiger partial charge < -0.3 is 10.6 Å². The molecule has 0 aromatic rings. The number of hydrogen-bond acceptors (Lipinski definition) is 2. The molecule has 0 fully saturated rings. The predicted molar refractivity (Wildman–Crippen MR) is 54.3 cm³/mol. The SMILES string of the molecule is C#CCNC(=O)C(C)NCC(=C)Cl. The lowest BCUT2D eigenvalue weighted by atomic mass is 10.3. The highest BCUT2D eigenvalue weighted by molar-refractivity contribution is 6.29. The largest absolute Gasteiger partial charge is 0.344 e. The van der Waals surface area contributed by atoms with Crippen molar-refractivity contribution in [2.75, 3.05) is 13.1 Å². The van der Waals surface area contributed by atoms with Crippen LogP contribution in [0.5, 0.6) is 0 Å². The molecule has 0 aliphatic heterocycles. The minimum Gasteiger partial charge on any atom is -0.344 e. The highest BCUT2D eigenvalue weighted by Gasteiger charge is 2.10. The second-order valence-electron chi connectivity index (χ2n) is 2.54. The average Bonchev–Trinajstić information content (AvgIpc) is 2.10. The molecule has 0 radical (unpaired) electrons. The Bertz CT molecular complexity index is 232. The van der Waals surface area contributed by atoms with E-state index in [2.05, 4.69) is 23.1 Å². The van der Waals surface area contributed by atoms with Crippen molar-refractivity contribution in [2.24, 2.45) is 0 Å². The van der Waals surface area contributed by atoms with Crippen LogP contribution in [0.25, 0.3) is 0 Å². The van der Waals surface area contributed by atoms with E-state index < -0.39 is 0 Å². The first-order valence-corrected chi connectivity index (χ1v) is 4.23. The molecule has 1 amide bonds. The topological polar surface area (TPSA) is 41.1 Å². The lowest BCUT2D eigenvalue weighted by molar-refractivity contribution is -0.122. The molecule has 1 atom stereocenters. The fourth-order valence-electron chi connectivity index (χ4n) is 0.648. The van der Waals surface area contributed by atoms with E-state index in [1.165, 1.54) is 0 Å². The maximum atomic E-state index is 11.2. The van der Waals surface area contributed by atoms with Crippen molar-refractivity contribution >= 4 is 17.5 Å². The van der Waals surface area contributed by atoms with Crippen molar-refractivity contribution in [2.45, 2.75) is 13.0 Å². The third-order valence-corrected chi connectivity index (χ3v) is 1.49. The standard InChI is InChI=1S/C9H13ClN2O/c1-4-5-11-9(13)8(3)12-6-7(2)10/h1,8,12H,2,5-6H2,3H3,(H,11,13). The van der Waals surface area contributed by atoms with Gasteiger partial charge in [0.15, 0.2) is 0 Å². The number of terminal acetylenes is 1. The summed E-state index contributed by atoms with van der Waals surface area (Å²) in [7, 11) is 0. The van der Waals surface area contributed by atoms with Crippen molar-refractivity contribution in [3.63, 3.8) is 0 Å². The molecule has 0 rings (SSSR count). The molecule has 0 bridgehead atoms. The van der Waals surface area contributed by atoms with Gasteiger partial charge in [0.2, 0.25) is 5.91 Å². The Morgan fingerprint density at radius 3 is 2.85 bits per heavy atom. The summed E-state index contributed by atoms with van der Waals surface area (Å²) in [5.74, 6) is 2.17. The molecular weight excluding hydrogens is 188 g/mol. The van der Waals surface area contributed by atoms with Gasteiger partial charge in [0.1, 0.15) is 0 Å². The van der Waals surface area contributed by atoms with E-state index in [9.17, 15) is 4.79 Å². The summed E-state index contributed by atoms with van der Waals surface area (Å²) in [6, 6.07) is -0.316. The van der Waals surface area contributed by atoms with Crippen molar-refractivity contribution in [1.29, 1.82) is 0 Å². The molecule has 0 spiro atoms. The molecule has 0 aromatic carbocycles. The van der Waals surface area contributed by atoms with E-state index in [1.807, 2.05) is 0 Å². The van der Waals surface area contributed by atoms with E-state index in [1.54, 1.807) is 6.92 Å². The van der Waals surface area contributed by atoms with Crippen molar-refractivity contribution in [3.05, 3.63) is 11.6 Å². The lowest BCUT2D eigenvalue weighted by Crippen LogP contribution is -2.42. The van der Waals surface area contributed by atoms with Crippen LogP contribution in [-0.2, 0) is 4.79 Å². The zero-order valence-electron chi connectivity index (χ0n) is 7.56. The van der Waals surface area contributed by atoms with Crippen molar-refractivity contribution < 1.29 is 4.79 Å². The molecule has 4 heteroatoms. The van der Waals surface area contributed by atoms with Gasteiger partial charge in [-0.25, -0.2) is 0 Å². The normalized spacial score (nSPS) is 11.5. The van der Waals surface area contributed by atoms with Crippen molar-refractivity contribution in [1.82, 2.24) is 10.6 Å². The van der Waals surface area contributed by atoms with Crippen LogP contribution in [-0.4, -0.2) is 25.0 Å². The summed E-state index contributed by atoms with van der Waals surface area (Å²) >= 11 is 5.51. The van der Waals surface area contributed by atoms with Crippen molar-refractivity contribution in [3.8, 4) is 12.3 Å². The van der Waals surface area contributed by atoms with Gasteiger partial charge in [-0.3, -0.25) is 4.79 Å². The average molecular weight is 201 g/mol. The predicted octanol–water partition coefficient (Wildman–Crippen LogP) is 0.466. The fraction of sp³-hybridized carbons (Fsp3) is 0.444. The van der Waals surface area contributed by atoms with E-state index in [0.717, 1.165) is 0 Å². The number of carbonyl (C=O) groups is 1. The van der Waals surface area contributed by atoms with E-state index in [-0.39, 0.29) is 18.5 Å². The monoisotopic (exact) mass is 200 g/mol. The van der Waals surface area contributed by atoms with Crippen LogP contribution in [0.3, 0.4) is 0 Å². The number of amides is 1. The van der Waals surface area contributed by atoms with Gasteiger partial charge in [-0.2, -0.15) is 0 Å². The van der Waals surface area contributed by atoms with Crippen LogP contribution in [0.15, 0.2) is 11.6 Å². The van der Waals surface area contributed by atoms with Gasteiger partial charge in [0, 0.05) is 11.6 Å². The fourth-order valence-corrected chi connectivity index (χ4v) is 0.725. The zero-order chi connectivity index (χ0) is 10.3. The Morgan fingerprint density at radius 1 is 1.77 bits per heavy atom. The molecule has 0 saturated heterocycles. The van der Waals surface area contributed by atoms with E-state index >= 15 is 0 Å². The van der Waals surface area contributed by atoms with Gasteiger partial charge in [-0.15, -0.1) is 6.42 Å². The Kier molecular flexibility index (Phi) is 6.03. The highest BCUT2D eigenvalue weighted by atomic mass is 35.5. The number of rotatable bonds is 5. The smallest absolute Gasteiger partial charge is 0.237 e. The third-order valence-electron chi connectivity index (χ3n) is 1.36. The number of hydrogen-bond donors (Lipinski definition) is 2. The lowest BCUT2D eigenvalue weighted by Gasteiger charge is -2.11. The molecule has 0 aliphatic carbocycles. The van der Waals surface area contributed by atoms with Crippen LogP contribution in [0, 0.1) is 12.3 Å². The van der Waals surface area contributed by atoms with Gasteiger partial charge in [-0.05, 0) is 6.92 Å². The minimum atomic E-state index is -0.316. The van der Waals surface area contributed by atoms with E-state index in [0.29, 0.717) is 11.6 Å². The number of nitrogens with one attached hydrogen (secondary N) is 2. The summed E-state index contributed by atoms with van der Waals surface area (Å²) in [6.07, 6.45) is 4.98. The molecule has 13 heavy (non-hydrogen) atoms.